The third-order valence-corrected chi connectivity index (χ3v) is 2.33. The van der Waals surface area contributed by atoms with Crippen molar-refractivity contribution < 1.29 is 4.79 Å². The normalized spacial score (nSPS) is 31.5. The second-order valence-electron chi connectivity index (χ2n) is 3.24. The Morgan fingerprint density at radius 3 is 2.82 bits per heavy atom. The van der Waals surface area contributed by atoms with Crippen LogP contribution in [0.3, 0.4) is 0 Å². The van der Waals surface area contributed by atoms with E-state index in [-0.39, 0.29) is 17.9 Å². The molecule has 0 unspecified atom stereocenters. The molecule has 2 atom stereocenters. The lowest BCUT2D eigenvalue weighted by atomic mass is 9.86. The molecule has 0 aliphatic heterocycles. The minimum atomic E-state index is 0.153. The van der Waals surface area contributed by atoms with Gasteiger partial charge in [0.15, 0.2) is 0 Å². The van der Waals surface area contributed by atoms with Crippen LogP contribution in [-0.4, -0.2) is 19.0 Å². The summed E-state index contributed by atoms with van der Waals surface area (Å²) in [6.07, 6.45) is 4.04. The quantitative estimate of drug-likeness (QED) is 0.571. The second kappa shape index (κ2) is 3.72. The van der Waals surface area contributed by atoms with Crippen molar-refractivity contribution in [2.45, 2.75) is 31.7 Å². The molecule has 3 N–H and O–H groups in total. The van der Waals surface area contributed by atoms with Crippen LogP contribution in [0.1, 0.15) is 25.7 Å². The molecule has 0 saturated heterocycles. The standard InChI is InChI=1S/C8H16N2O/c1-10-8(11)6-3-2-4-7(9)5-6/h6-7H,2-5,9H2,1H3,(H,10,11)/t6-,7-/m1/s1. The average molecular weight is 156 g/mol. The van der Waals surface area contributed by atoms with Crippen molar-refractivity contribution in [3.05, 3.63) is 0 Å². The number of nitrogens with two attached hydrogens (primary N) is 1. The summed E-state index contributed by atoms with van der Waals surface area (Å²) in [5, 5.41) is 2.66. The number of carbonyl (C=O) groups is 1. The van der Waals surface area contributed by atoms with E-state index in [2.05, 4.69) is 5.32 Å². The first-order valence-corrected chi connectivity index (χ1v) is 4.21. The Kier molecular flexibility index (Phi) is 2.88. The third kappa shape index (κ3) is 2.19. The van der Waals surface area contributed by atoms with Gasteiger partial charge in [-0.3, -0.25) is 4.79 Å². The molecule has 1 amide bonds. The summed E-state index contributed by atoms with van der Waals surface area (Å²) in [6, 6.07) is 0.242. The van der Waals surface area contributed by atoms with Gasteiger partial charge < -0.3 is 11.1 Å². The number of rotatable bonds is 1. The highest BCUT2D eigenvalue weighted by Crippen LogP contribution is 2.22. The molecule has 64 valence electrons. The van der Waals surface area contributed by atoms with Crippen molar-refractivity contribution in [3.8, 4) is 0 Å². The van der Waals surface area contributed by atoms with E-state index in [1.807, 2.05) is 0 Å². The van der Waals surface area contributed by atoms with Crippen LogP contribution in [0, 0.1) is 5.92 Å². The van der Waals surface area contributed by atoms with Crippen LogP contribution in [0.2, 0.25) is 0 Å². The highest BCUT2D eigenvalue weighted by molar-refractivity contribution is 5.78. The lowest BCUT2D eigenvalue weighted by Gasteiger charge is -2.24. The summed E-state index contributed by atoms with van der Waals surface area (Å²) in [5.74, 6) is 0.323. The van der Waals surface area contributed by atoms with Gasteiger partial charge in [-0.15, -0.1) is 0 Å². The molecule has 1 fully saturated rings. The van der Waals surface area contributed by atoms with Gasteiger partial charge in [-0.05, 0) is 19.3 Å². The van der Waals surface area contributed by atoms with Crippen LogP contribution in [0.5, 0.6) is 0 Å². The molecule has 1 aliphatic carbocycles. The number of hydrogen-bond acceptors (Lipinski definition) is 2. The summed E-state index contributed by atoms with van der Waals surface area (Å²) in [4.78, 5) is 11.1. The average Bonchev–Trinajstić information content (AvgIpc) is 2.03. The lowest BCUT2D eigenvalue weighted by molar-refractivity contribution is -0.125. The predicted molar refractivity (Wildman–Crippen MR) is 44.0 cm³/mol. The van der Waals surface area contributed by atoms with Gasteiger partial charge in [-0.1, -0.05) is 6.42 Å². The van der Waals surface area contributed by atoms with Crippen LogP contribution in [0.15, 0.2) is 0 Å². The monoisotopic (exact) mass is 156 g/mol. The van der Waals surface area contributed by atoms with Crippen molar-refractivity contribution in [2.24, 2.45) is 11.7 Å². The van der Waals surface area contributed by atoms with Gasteiger partial charge in [0, 0.05) is 19.0 Å². The SMILES string of the molecule is CNC(=O)[C@@H]1CCC[C@@H](N)C1. The first-order chi connectivity index (χ1) is 5.24. The molecule has 3 heteroatoms. The molecule has 0 aromatic rings. The van der Waals surface area contributed by atoms with Crippen molar-refractivity contribution >= 4 is 5.91 Å². The van der Waals surface area contributed by atoms with Gasteiger partial charge in [-0.2, -0.15) is 0 Å². The minimum absolute atomic E-state index is 0.153. The fourth-order valence-electron chi connectivity index (χ4n) is 1.67. The van der Waals surface area contributed by atoms with E-state index in [0.717, 1.165) is 25.7 Å². The third-order valence-electron chi connectivity index (χ3n) is 2.33. The van der Waals surface area contributed by atoms with Crippen LogP contribution in [0.25, 0.3) is 0 Å². The van der Waals surface area contributed by atoms with E-state index in [0.29, 0.717) is 0 Å². The van der Waals surface area contributed by atoms with Gasteiger partial charge in [0.1, 0.15) is 0 Å². The molecular weight excluding hydrogens is 140 g/mol. The molecule has 0 heterocycles. The largest absolute Gasteiger partial charge is 0.359 e. The number of carbonyl (C=O) groups excluding carboxylic acids is 1. The van der Waals surface area contributed by atoms with Gasteiger partial charge in [0.2, 0.25) is 5.91 Å². The molecule has 1 aliphatic rings. The van der Waals surface area contributed by atoms with Crippen molar-refractivity contribution in [3.63, 3.8) is 0 Å². The van der Waals surface area contributed by atoms with Crippen LogP contribution < -0.4 is 11.1 Å². The Morgan fingerprint density at radius 1 is 1.55 bits per heavy atom. The Balaban J connectivity index is 2.39. The Morgan fingerprint density at radius 2 is 2.27 bits per heavy atom. The molecule has 3 nitrogen and oxygen atoms in total. The van der Waals surface area contributed by atoms with Crippen LogP contribution >= 0.6 is 0 Å². The Labute approximate surface area is 67.3 Å². The molecule has 0 aromatic carbocycles. The zero-order valence-electron chi connectivity index (χ0n) is 6.97. The molecule has 0 bridgehead atoms. The first-order valence-electron chi connectivity index (χ1n) is 4.21. The first kappa shape index (κ1) is 8.53. The minimum Gasteiger partial charge on any atom is -0.359 e. The number of hydrogen-bond donors (Lipinski definition) is 2. The van der Waals surface area contributed by atoms with E-state index in [1.54, 1.807) is 7.05 Å². The second-order valence-corrected chi connectivity index (χ2v) is 3.24. The summed E-state index contributed by atoms with van der Waals surface area (Å²) >= 11 is 0. The van der Waals surface area contributed by atoms with Crippen molar-refractivity contribution in [1.82, 2.24) is 5.32 Å². The molecule has 11 heavy (non-hydrogen) atoms. The van der Waals surface area contributed by atoms with Crippen molar-refractivity contribution in [1.29, 1.82) is 0 Å². The number of amides is 1. The summed E-state index contributed by atoms with van der Waals surface area (Å²) in [5.41, 5.74) is 5.74. The lowest BCUT2D eigenvalue weighted by Crippen LogP contribution is -2.36. The maximum absolute atomic E-state index is 11.1. The fourth-order valence-corrected chi connectivity index (χ4v) is 1.67. The molecule has 1 saturated carbocycles. The van der Waals surface area contributed by atoms with E-state index in [9.17, 15) is 4.79 Å². The van der Waals surface area contributed by atoms with Gasteiger partial charge in [0.25, 0.3) is 0 Å². The molecule has 0 aromatic heterocycles. The zero-order chi connectivity index (χ0) is 8.27. The highest BCUT2D eigenvalue weighted by atomic mass is 16.1. The summed E-state index contributed by atoms with van der Waals surface area (Å²) in [6.45, 7) is 0. The van der Waals surface area contributed by atoms with Gasteiger partial charge >= 0.3 is 0 Å². The zero-order valence-corrected chi connectivity index (χ0v) is 6.97. The topological polar surface area (TPSA) is 55.1 Å². The smallest absolute Gasteiger partial charge is 0.222 e. The Bertz CT molecular complexity index is 147. The van der Waals surface area contributed by atoms with E-state index in [4.69, 9.17) is 5.73 Å². The molecule has 1 rings (SSSR count). The molecule has 0 radical (unpaired) electrons. The number of nitrogens with one attached hydrogen (secondary N) is 1. The Hall–Kier alpha value is -0.570. The maximum Gasteiger partial charge on any atom is 0.222 e. The van der Waals surface area contributed by atoms with Gasteiger partial charge in [0.05, 0.1) is 0 Å². The van der Waals surface area contributed by atoms with E-state index >= 15 is 0 Å². The highest BCUT2D eigenvalue weighted by Gasteiger charge is 2.23. The van der Waals surface area contributed by atoms with Gasteiger partial charge in [-0.25, -0.2) is 0 Å². The molecule has 0 spiro atoms. The van der Waals surface area contributed by atoms with E-state index in [1.165, 1.54) is 0 Å². The summed E-state index contributed by atoms with van der Waals surface area (Å²) in [7, 11) is 1.68. The fraction of sp³-hybridized carbons (Fsp3) is 0.875. The van der Waals surface area contributed by atoms with E-state index < -0.39 is 0 Å². The predicted octanol–water partition coefficient (Wildman–Crippen LogP) is 0.250. The maximum atomic E-state index is 11.1. The summed E-state index contributed by atoms with van der Waals surface area (Å²) < 4.78 is 0. The molecular formula is C8H16N2O. The van der Waals surface area contributed by atoms with Crippen molar-refractivity contribution in [2.75, 3.05) is 7.05 Å². The van der Waals surface area contributed by atoms with Crippen LogP contribution in [-0.2, 0) is 4.79 Å². The van der Waals surface area contributed by atoms with Crippen LogP contribution in [0.4, 0.5) is 0 Å².